The molecule has 0 aliphatic rings. The lowest BCUT2D eigenvalue weighted by molar-refractivity contribution is -0.164. The van der Waals surface area contributed by atoms with E-state index in [0.717, 1.165) is 0 Å². The average Bonchev–Trinajstić information content (AvgIpc) is 2.26. The Labute approximate surface area is 102 Å². The van der Waals surface area contributed by atoms with Crippen LogP contribution >= 0.6 is 0 Å². The van der Waals surface area contributed by atoms with Crippen LogP contribution in [-0.2, 0) is 10.4 Å². The van der Waals surface area contributed by atoms with E-state index in [0.29, 0.717) is 5.56 Å². The van der Waals surface area contributed by atoms with Crippen molar-refractivity contribution in [2.45, 2.75) is 33.3 Å². The lowest BCUT2D eigenvalue weighted by Crippen LogP contribution is -2.48. The number of hydrogen-bond acceptors (Lipinski definition) is 2. The van der Waals surface area contributed by atoms with Gasteiger partial charge >= 0.3 is 5.97 Å². The van der Waals surface area contributed by atoms with Gasteiger partial charge in [-0.2, -0.15) is 0 Å². The molecule has 94 valence electrons. The number of benzene rings is 1. The van der Waals surface area contributed by atoms with Gasteiger partial charge in [0.25, 0.3) is 0 Å². The lowest BCUT2D eigenvalue weighted by atomic mass is 9.66. The Balaban J connectivity index is 3.36. The van der Waals surface area contributed by atoms with Gasteiger partial charge in [0.1, 0.15) is 5.60 Å². The topological polar surface area (TPSA) is 57.5 Å². The maximum Gasteiger partial charge on any atom is 0.309 e. The zero-order valence-electron chi connectivity index (χ0n) is 10.8. The fourth-order valence-electron chi connectivity index (χ4n) is 2.20. The summed E-state index contributed by atoms with van der Waals surface area (Å²) in [5.74, 6) is -1.86. The maximum atomic E-state index is 11.2. The third kappa shape index (κ3) is 2.34. The predicted octanol–water partition coefficient (Wildman–Crippen LogP) is 2.64. The van der Waals surface area contributed by atoms with Gasteiger partial charge in [0.2, 0.25) is 0 Å². The molecule has 0 spiro atoms. The third-order valence-electron chi connectivity index (χ3n) is 3.35. The van der Waals surface area contributed by atoms with Crippen LogP contribution in [0.5, 0.6) is 0 Å². The molecule has 0 aliphatic carbocycles. The molecule has 0 aromatic heterocycles. The van der Waals surface area contributed by atoms with Crippen molar-refractivity contribution < 1.29 is 15.0 Å². The van der Waals surface area contributed by atoms with E-state index in [1.807, 2.05) is 26.8 Å². The van der Waals surface area contributed by atoms with Crippen LogP contribution in [0.3, 0.4) is 0 Å². The smallest absolute Gasteiger partial charge is 0.309 e. The van der Waals surface area contributed by atoms with Crippen LogP contribution in [0.15, 0.2) is 30.3 Å². The summed E-state index contributed by atoms with van der Waals surface area (Å²) in [7, 11) is 0. The Kier molecular flexibility index (Phi) is 3.62. The second kappa shape index (κ2) is 4.49. The number of rotatable bonds is 3. The molecule has 0 radical (unpaired) electrons. The van der Waals surface area contributed by atoms with Gasteiger partial charge in [0, 0.05) is 0 Å². The summed E-state index contributed by atoms with van der Waals surface area (Å²) in [4.78, 5) is 11.2. The molecule has 2 N–H and O–H groups in total. The number of carbonyl (C=O) groups is 1. The number of aliphatic hydroxyl groups is 1. The Bertz CT molecular complexity index is 392. The molecular formula is C14H20O3. The van der Waals surface area contributed by atoms with Crippen molar-refractivity contribution in [1.82, 2.24) is 0 Å². The highest BCUT2D eigenvalue weighted by Crippen LogP contribution is 2.44. The average molecular weight is 236 g/mol. The highest BCUT2D eigenvalue weighted by Gasteiger charge is 2.48. The summed E-state index contributed by atoms with van der Waals surface area (Å²) >= 11 is 0. The molecule has 0 aliphatic heterocycles. The van der Waals surface area contributed by atoms with Crippen LogP contribution in [0.4, 0.5) is 0 Å². The first-order valence-electron chi connectivity index (χ1n) is 5.72. The van der Waals surface area contributed by atoms with Crippen molar-refractivity contribution in [3.63, 3.8) is 0 Å². The van der Waals surface area contributed by atoms with Gasteiger partial charge in [-0.3, -0.25) is 4.79 Å². The van der Waals surface area contributed by atoms with Crippen molar-refractivity contribution in [2.24, 2.45) is 11.3 Å². The molecule has 2 atom stereocenters. The monoisotopic (exact) mass is 236 g/mol. The third-order valence-corrected chi connectivity index (χ3v) is 3.35. The first-order valence-corrected chi connectivity index (χ1v) is 5.72. The van der Waals surface area contributed by atoms with Gasteiger partial charge < -0.3 is 10.2 Å². The van der Waals surface area contributed by atoms with Crippen molar-refractivity contribution in [3.05, 3.63) is 35.9 Å². The van der Waals surface area contributed by atoms with Crippen LogP contribution in [0.2, 0.25) is 0 Å². The van der Waals surface area contributed by atoms with E-state index in [1.165, 1.54) is 0 Å². The van der Waals surface area contributed by atoms with E-state index >= 15 is 0 Å². The van der Waals surface area contributed by atoms with Crippen LogP contribution in [0.25, 0.3) is 0 Å². The Hall–Kier alpha value is -1.35. The van der Waals surface area contributed by atoms with E-state index in [9.17, 15) is 15.0 Å². The summed E-state index contributed by atoms with van der Waals surface area (Å²) in [6.07, 6.45) is 0. The maximum absolute atomic E-state index is 11.2. The molecule has 0 saturated heterocycles. The van der Waals surface area contributed by atoms with E-state index in [-0.39, 0.29) is 0 Å². The molecule has 0 fully saturated rings. The molecule has 3 nitrogen and oxygen atoms in total. The van der Waals surface area contributed by atoms with Gasteiger partial charge in [-0.05, 0) is 17.9 Å². The Morgan fingerprint density at radius 1 is 1.18 bits per heavy atom. The normalized spacial score (nSPS) is 17.2. The standard InChI is InChI=1S/C14H20O3/c1-10(12(15)16)14(17,13(2,3)4)11-8-6-5-7-9-11/h5-10,17H,1-4H3,(H,15,16). The van der Waals surface area contributed by atoms with Gasteiger partial charge in [-0.1, -0.05) is 51.1 Å². The quantitative estimate of drug-likeness (QED) is 0.848. The summed E-state index contributed by atoms with van der Waals surface area (Å²) in [5, 5.41) is 20.1. The van der Waals surface area contributed by atoms with Crippen molar-refractivity contribution in [3.8, 4) is 0 Å². The largest absolute Gasteiger partial charge is 0.481 e. The van der Waals surface area contributed by atoms with E-state index in [2.05, 4.69) is 0 Å². The number of carboxylic acids is 1. The van der Waals surface area contributed by atoms with Gasteiger partial charge in [0.15, 0.2) is 0 Å². The molecule has 0 saturated carbocycles. The Morgan fingerprint density at radius 3 is 2.00 bits per heavy atom. The Morgan fingerprint density at radius 2 is 1.65 bits per heavy atom. The highest BCUT2D eigenvalue weighted by molar-refractivity contribution is 5.71. The second-order valence-electron chi connectivity index (χ2n) is 5.44. The zero-order chi connectivity index (χ0) is 13.3. The summed E-state index contributed by atoms with van der Waals surface area (Å²) in [5.41, 5.74) is -1.31. The summed E-state index contributed by atoms with van der Waals surface area (Å²) in [6.45, 7) is 7.08. The van der Waals surface area contributed by atoms with E-state index in [4.69, 9.17) is 0 Å². The fourth-order valence-corrected chi connectivity index (χ4v) is 2.20. The van der Waals surface area contributed by atoms with Crippen LogP contribution in [0, 0.1) is 11.3 Å². The summed E-state index contributed by atoms with van der Waals surface area (Å²) < 4.78 is 0. The molecule has 17 heavy (non-hydrogen) atoms. The van der Waals surface area contributed by atoms with E-state index < -0.39 is 22.9 Å². The predicted molar refractivity (Wildman–Crippen MR) is 66.6 cm³/mol. The molecule has 2 unspecified atom stereocenters. The number of hydrogen-bond donors (Lipinski definition) is 2. The van der Waals surface area contributed by atoms with Crippen molar-refractivity contribution >= 4 is 5.97 Å². The number of aliphatic carboxylic acids is 1. The molecular weight excluding hydrogens is 216 g/mol. The summed E-state index contributed by atoms with van der Waals surface area (Å²) in [6, 6.07) is 8.99. The van der Waals surface area contributed by atoms with Crippen molar-refractivity contribution in [2.75, 3.05) is 0 Å². The molecule has 0 amide bonds. The molecule has 1 aromatic rings. The molecule has 0 bridgehead atoms. The van der Waals surface area contributed by atoms with Gasteiger partial charge in [-0.25, -0.2) is 0 Å². The van der Waals surface area contributed by atoms with Gasteiger partial charge in [-0.15, -0.1) is 0 Å². The second-order valence-corrected chi connectivity index (χ2v) is 5.44. The molecule has 3 heteroatoms. The van der Waals surface area contributed by atoms with Crippen LogP contribution in [-0.4, -0.2) is 16.2 Å². The minimum absolute atomic E-state index is 0.563. The molecule has 1 aromatic carbocycles. The minimum Gasteiger partial charge on any atom is -0.481 e. The molecule has 1 rings (SSSR count). The minimum atomic E-state index is -1.39. The van der Waals surface area contributed by atoms with Crippen LogP contribution < -0.4 is 0 Å². The highest BCUT2D eigenvalue weighted by atomic mass is 16.4. The first kappa shape index (κ1) is 13.7. The van der Waals surface area contributed by atoms with Crippen LogP contribution in [0.1, 0.15) is 33.3 Å². The number of carboxylic acid groups (broad SMARTS) is 1. The zero-order valence-corrected chi connectivity index (χ0v) is 10.8. The fraction of sp³-hybridized carbons (Fsp3) is 0.500. The SMILES string of the molecule is CC(C(=O)O)C(O)(c1ccccc1)C(C)(C)C. The van der Waals surface area contributed by atoms with Crippen molar-refractivity contribution in [1.29, 1.82) is 0 Å². The van der Waals surface area contributed by atoms with E-state index in [1.54, 1.807) is 31.2 Å². The molecule has 0 heterocycles. The lowest BCUT2D eigenvalue weighted by Gasteiger charge is -2.43. The first-order chi connectivity index (χ1) is 7.71. The van der Waals surface area contributed by atoms with Gasteiger partial charge in [0.05, 0.1) is 5.92 Å².